The molecule has 0 aromatic carbocycles. The summed E-state index contributed by atoms with van der Waals surface area (Å²) in [5.74, 6) is 0.538. The number of anilines is 1. The number of hydrogen-bond donors (Lipinski definition) is 1. The molecule has 2 saturated heterocycles. The van der Waals surface area contributed by atoms with Gasteiger partial charge in [-0.25, -0.2) is 0 Å². The maximum atomic E-state index is 11.2. The Morgan fingerprint density at radius 2 is 2.25 bits per heavy atom. The van der Waals surface area contributed by atoms with Crippen molar-refractivity contribution in [1.29, 1.82) is 0 Å². The molecule has 2 aliphatic heterocycles. The van der Waals surface area contributed by atoms with Crippen LogP contribution in [0, 0.1) is 10.1 Å². The molecule has 2 atom stereocenters. The highest BCUT2D eigenvalue weighted by atomic mass is 16.6. The molecule has 2 aliphatic rings. The van der Waals surface area contributed by atoms with E-state index in [4.69, 9.17) is 0 Å². The topological polar surface area (TPSA) is 76.2 Å². The van der Waals surface area contributed by atoms with Crippen molar-refractivity contribution >= 4 is 11.5 Å². The maximum Gasteiger partial charge on any atom is 0.330 e. The summed E-state index contributed by atoms with van der Waals surface area (Å²) in [6.07, 6.45) is 7.21. The molecule has 0 saturated carbocycles. The van der Waals surface area contributed by atoms with Gasteiger partial charge in [0.15, 0.2) is 0 Å². The molecule has 3 rings (SSSR count). The van der Waals surface area contributed by atoms with Crippen molar-refractivity contribution < 1.29 is 4.92 Å². The van der Waals surface area contributed by atoms with E-state index in [1.807, 2.05) is 0 Å². The second kappa shape index (κ2) is 5.40. The minimum Gasteiger partial charge on any atom is -0.345 e. The molecule has 1 N–H and O–H groups in total. The van der Waals surface area contributed by atoms with E-state index in [1.165, 1.54) is 19.0 Å². The Kier molecular flexibility index (Phi) is 3.60. The Morgan fingerprint density at radius 3 is 2.95 bits per heavy atom. The molecule has 2 unspecified atom stereocenters. The van der Waals surface area contributed by atoms with Crippen molar-refractivity contribution in [3.8, 4) is 0 Å². The number of nitrogens with one attached hydrogen (secondary N) is 1. The highest BCUT2D eigenvalue weighted by Gasteiger charge is 2.36. The van der Waals surface area contributed by atoms with E-state index in [9.17, 15) is 10.1 Å². The molecule has 0 bridgehead atoms. The zero-order valence-electron chi connectivity index (χ0n) is 11.8. The largest absolute Gasteiger partial charge is 0.345 e. The lowest BCUT2D eigenvalue weighted by atomic mass is 9.94. The number of nitro groups is 1. The van der Waals surface area contributed by atoms with Crippen LogP contribution in [0.4, 0.5) is 11.5 Å². The van der Waals surface area contributed by atoms with Crippen molar-refractivity contribution in [1.82, 2.24) is 15.1 Å². The van der Waals surface area contributed by atoms with E-state index in [-0.39, 0.29) is 10.6 Å². The minimum atomic E-state index is -0.323. The van der Waals surface area contributed by atoms with Crippen LogP contribution in [0.2, 0.25) is 0 Å². The summed E-state index contributed by atoms with van der Waals surface area (Å²) < 4.78 is 1.54. The van der Waals surface area contributed by atoms with Gasteiger partial charge in [0, 0.05) is 25.7 Å². The van der Waals surface area contributed by atoms with Crippen molar-refractivity contribution in [3.63, 3.8) is 0 Å². The molecule has 110 valence electrons. The highest BCUT2D eigenvalue weighted by molar-refractivity contribution is 5.58. The van der Waals surface area contributed by atoms with Crippen LogP contribution in [0.15, 0.2) is 6.20 Å². The van der Waals surface area contributed by atoms with Crippen LogP contribution in [-0.4, -0.2) is 39.9 Å². The third-order valence-electron chi connectivity index (χ3n) is 4.37. The van der Waals surface area contributed by atoms with E-state index in [2.05, 4.69) is 15.3 Å². The highest BCUT2D eigenvalue weighted by Crippen LogP contribution is 2.33. The summed E-state index contributed by atoms with van der Waals surface area (Å²) in [6, 6.07) is 0.775. The maximum absolute atomic E-state index is 11.2. The molecular formula is C13H21N5O2. The van der Waals surface area contributed by atoms with Crippen LogP contribution < -0.4 is 10.2 Å². The van der Waals surface area contributed by atoms with Crippen molar-refractivity contribution in [3.05, 3.63) is 16.3 Å². The summed E-state index contributed by atoms with van der Waals surface area (Å²) in [6.45, 7) is 1.92. The first-order chi connectivity index (χ1) is 9.66. The molecule has 0 aliphatic carbocycles. The second-order valence-corrected chi connectivity index (χ2v) is 5.73. The van der Waals surface area contributed by atoms with Gasteiger partial charge in [0.2, 0.25) is 5.82 Å². The van der Waals surface area contributed by atoms with Crippen LogP contribution in [-0.2, 0) is 7.05 Å². The molecule has 1 aromatic rings. The van der Waals surface area contributed by atoms with E-state index in [0.717, 1.165) is 32.4 Å². The Labute approximate surface area is 118 Å². The Hall–Kier alpha value is -1.63. The summed E-state index contributed by atoms with van der Waals surface area (Å²) in [5.41, 5.74) is 0.123. The van der Waals surface area contributed by atoms with E-state index >= 15 is 0 Å². The third kappa shape index (κ3) is 2.37. The molecule has 1 aromatic heterocycles. The molecule has 0 radical (unpaired) electrons. The monoisotopic (exact) mass is 279 g/mol. The van der Waals surface area contributed by atoms with Gasteiger partial charge in [-0.2, -0.15) is 0 Å². The lowest BCUT2D eigenvalue weighted by molar-refractivity contribution is -0.384. The van der Waals surface area contributed by atoms with E-state index in [0.29, 0.717) is 17.9 Å². The Morgan fingerprint density at radius 1 is 1.40 bits per heavy atom. The Balaban J connectivity index is 1.91. The molecule has 7 heteroatoms. The number of nitrogens with zero attached hydrogens (tertiary/aromatic N) is 4. The lowest BCUT2D eigenvalue weighted by Gasteiger charge is -2.39. The third-order valence-corrected chi connectivity index (χ3v) is 4.37. The molecule has 3 heterocycles. The van der Waals surface area contributed by atoms with Gasteiger partial charge in [-0.15, -0.1) is 5.10 Å². The van der Waals surface area contributed by atoms with Gasteiger partial charge in [-0.05, 0) is 38.6 Å². The first-order valence-electron chi connectivity index (χ1n) is 7.35. The predicted octanol–water partition coefficient (Wildman–Crippen LogP) is 1.44. The molecule has 0 spiro atoms. The summed E-state index contributed by atoms with van der Waals surface area (Å²) >= 11 is 0. The molecule has 20 heavy (non-hydrogen) atoms. The standard InChI is InChI=1S/C13H21N5O2/c1-16-9-12(18(19)20)13(15-16)17-8-3-2-6-11(17)10-5-4-7-14-10/h9-11,14H,2-8H2,1H3. The number of hydrogen-bond acceptors (Lipinski definition) is 5. The van der Waals surface area contributed by atoms with Gasteiger partial charge in [0.1, 0.15) is 6.20 Å². The van der Waals surface area contributed by atoms with Crippen molar-refractivity contribution in [2.24, 2.45) is 7.05 Å². The minimum absolute atomic E-state index is 0.123. The SMILES string of the molecule is Cn1cc([N+](=O)[O-])c(N2CCCCC2C2CCCN2)n1. The van der Waals surface area contributed by atoms with E-state index in [1.54, 1.807) is 11.7 Å². The quantitative estimate of drug-likeness (QED) is 0.669. The van der Waals surface area contributed by atoms with Crippen LogP contribution >= 0.6 is 0 Å². The first kappa shape index (κ1) is 13.4. The fourth-order valence-corrected chi connectivity index (χ4v) is 3.48. The summed E-state index contributed by atoms with van der Waals surface area (Å²) in [4.78, 5) is 13.0. The van der Waals surface area contributed by atoms with Gasteiger partial charge >= 0.3 is 5.69 Å². The number of aromatic nitrogens is 2. The molecular weight excluding hydrogens is 258 g/mol. The first-order valence-corrected chi connectivity index (χ1v) is 7.35. The van der Waals surface area contributed by atoms with Crippen LogP contribution in [0.5, 0.6) is 0 Å². The second-order valence-electron chi connectivity index (χ2n) is 5.73. The van der Waals surface area contributed by atoms with E-state index < -0.39 is 0 Å². The average molecular weight is 279 g/mol. The van der Waals surface area contributed by atoms with Crippen LogP contribution in [0.3, 0.4) is 0 Å². The van der Waals surface area contributed by atoms with Crippen molar-refractivity contribution in [2.45, 2.75) is 44.2 Å². The fourth-order valence-electron chi connectivity index (χ4n) is 3.48. The normalized spacial score (nSPS) is 26.9. The zero-order chi connectivity index (χ0) is 14.1. The van der Waals surface area contributed by atoms with Crippen molar-refractivity contribution in [2.75, 3.05) is 18.0 Å². The zero-order valence-corrected chi connectivity index (χ0v) is 11.8. The Bertz CT molecular complexity index is 495. The van der Waals surface area contributed by atoms with Gasteiger partial charge in [0.25, 0.3) is 0 Å². The number of piperidine rings is 1. The summed E-state index contributed by atoms with van der Waals surface area (Å²) in [5, 5.41) is 19.1. The van der Waals surface area contributed by atoms with Crippen LogP contribution in [0.25, 0.3) is 0 Å². The lowest BCUT2D eigenvalue weighted by Crippen LogP contribution is -2.50. The van der Waals surface area contributed by atoms with Crippen LogP contribution in [0.1, 0.15) is 32.1 Å². The smallest absolute Gasteiger partial charge is 0.330 e. The summed E-state index contributed by atoms with van der Waals surface area (Å²) in [7, 11) is 1.74. The average Bonchev–Trinajstić information content (AvgIpc) is 3.07. The van der Waals surface area contributed by atoms with Gasteiger partial charge < -0.3 is 10.2 Å². The molecule has 7 nitrogen and oxygen atoms in total. The predicted molar refractivity (Wildman–Crippen MR) is 75.9 cm³/mol. The number of aryl methyl sites for hydroxylation is 1. The molecule has 2 fully saturated rings. The number of rotatable bonds is 3. The van der Waals surface area contributed by atoms with Gasteiger partial charge in [-0.1, -0.05) is 0 Å². The van der Waals surface area contributed by atoms with Gasteiger partial charge in [-0.3, -0.25) is 14.8 Å². The fraction of sp³-hybridized carbons (Fsp3) is 0.769. The molecule has 0 amide bonds. The van der Waals surface area contributed by atoms with Gasteiger partial charge in [0.05, 0.1) is 4.92 Å².